The number of aromatic nitrogens is 1. The molecule has 2 amide bonds. The van der Waals surface area contributed by atoms with Gasteiger partial charge in [-0.15, -0.1) is 11.3 Å². The molecule has 0 saturated carbocycles. The van der Waals surface area contributed by atoms with E-state index in [9.17, 15) is 9.59 Å². The van der Waals surface area contributed by atoms with E-state index in [0.717, 1.165) is 67.1 Å². The van der Waals surface area contributed by atoms with Crippen molar-refractivity contribution in [2.45, 2.75) is 52.7 Å². The van der Waals surface area contributed by atoms with Crippen LogP contribution in [-0.2, 0) is 11.2 Å². The first-order valence-corrected chi connectivity index (χ1v) is 15.7. The van der Waals surface area contributed by atoms with E-state index in [1.807, 2.05) is 58.8 Å². The standard InChI is InChI=1S/C33H39N5O4S/c1-20(2)41-23-18-21(17-22(19-23)37-13-15-38(16-14-37)32(40)42-33(3,4)5)26-8-7-24-27(34-26)9-10-28-29(24)25-11-12-36(6)35-31(39)30(25)43-28/h7-10,17-20H,11-16H2,1-6H3,(H,35,39). The van der Waals surface area contributed by atoms with Gasteiger partial charge in [0.05, 0.1) is 22.2 Å². The predicted octanol–water partition coefficient (Wildman–Crippen LogP) is 6.09. The first-order chi connectivity index (χ1) is 20.4. The number of nitrogens with zero attached hydrogens (tertiary/aromatic N) is 4. The van der Waals surface area contributed by atoms with E-state index in [-0.39, 0.29) is 18.1 Å². The number of thiophene rings is 1. The number of pyridine rings is 1. The maximum absolute atomic E-state index is 12.8. The minimum absolute atomic E-state index is 0.0232. The van der Waals surface area contributed by atoms with Gasteiger partial charge in [-0.05, 0) is 83.0 Å². The Bertz CT molecular complexity index is 1700. The molecule has 0 aliphatic carbocycles. The number of fused-ring (bicyclic) bond motifs is 5. The van der Waals surface area contributed by atoms with Gasteiger partial charge in [-0.25, -0.2) is 14.8 Å². The molecular formula is C33H39N5O4S. The van der Waals surface area contributed by atoms with E-state index in [2.05, 4.69) is 40.7 Å². The Morgan fingerprint density at radius 3 is 2.51 bits per heavy atom. The fraction of sp³-hybridized carbons (Fsp3) is 0.424. The molecule has 2 aromatic heterocycles. The first kappa shape index (κ1) is 29.2. The van der Waals surface area contributed by atoms with E-state index < -0.39 is 5.60 Å². The number of hydrogen-bond acceptors (Lipinski definition) is 8. The largest absolute Gasteiger partial charge is 0.491 e. The molecule has 10 heteroatoms. The number of rotatable bonds is 4. The summed E-state index contributed by atoms with van der Waals surface area (Å²) in [5.74, 6) is 0.739. The Morgan fingerprint density at radius 2 is 1.79 bits per heavy atom. The molecule has 0 unspecified atom stereocenters. The molecule has 2 aliphatic rings. The third kappa shape index (κ3) is 6.12. The van der Waals surface area contributed by atoms with Gasteiger partial charge in [0.2, 0.25) is 0 Å². The number of carbonyl (C=O) groups excluding carboxylic acids is 2. The van der Waals surface area contributed by atoms with Gasteiger partial charge in [-0.2, -0.15) is 0 Å². The molecule has 0 spiro atoms. The van der Waals surface area contributed by atoms with Crippen LogP contribution in [0.3, 0.4) is 0 Å². The second-order valence-corrected chi connectivity index (χ2v) is 13.6. The summed E-state index contributed by atoms with van der Waals surface area (Å²) in [6.45, 7) is 13.0. The van der Waals surface area contributed by atoms with Crippen LogP contribution in [0, 0.1) is 0 Å². The highest BCUT2D eigenvalue weighted by Crippen LogP contribution is 2.39. The van der Waals surface area contributed by atoms with E-state index in [1.165, 1.54) is 0 Å². The van der Waals surface area contributed by atoms with Gasteiger partial charge in [0, 0.05) is 72.6 Å². The van der Waals surface area contributed by atoms with E-state index in [1.54, 1.807) is 16.2 Å². The highest BCUT2D eigenvalue weighted by Gasteiger charge is 2.27. The van der Waals surface area contributed by atoms with Crippen LogP contribution in [0.1, 0.15) is 49.9 Å². The normalized spacial score (nSPS) is 16.4. The number of nitrogens with one attached hydrogen (secondary N) is 1. The number of hydrogen-bond donors (Lipinski definition) is 1. The van der Waals surface area contributed by atoms with Gasteiger partial charge in [-0.1, -0.05) is 0 Å². The number of piperazine rings is 1. The van der Waals surface area contributed by atoms with Crippen LogP contribution in [0.2, 0.25) is 0 Å². The summed E-state index contributed by atoms with van der Waals surface area (Å²) < 4.78 is 12.9. The lowest BCUT2D eigenvalue weighted by Crippen LogP contribution is -2.50. The molecule has 0 atom stereocenters. The second-order valence-electron chi connectivity index (χ2n) is 12.6. The number of carbonyl (C=O) groups is 2. The molecule has 43 heavy (non-hydrogen) atoms. The molecule has 226 valence electrons. The summed E-state index contributed by atoms with van der Waals surface area (Å²) in [4.78, 5) is 35.4. The Morgan fingerprint density at radius 1 is 1.02 bits per heavy atom. The average Bonchev–Trinajstić information content (AvgIpc) is 3.27. The average molecular weight is 602 g/mol. The fourth-order valence-electron chi connectivity index (χ4n) is 5.74. The smallest absolute Gasteiger partial charge is 0.410 e. The van der Waals surface area contributed by atoms with Crippen LogP contribution in [0.25, 0.3) is 32.2 Å². The maximum Gasteiger partial charge on any atom is 0.410 e. The third-order valence-corrected chi connectivity index (χ3v) is 8.87. The molecule has 2 aromatic carbocycles. The Hall–Kier alpha value is -3.89. The topological polar surface area (TPSA) is 87.2 Å². The molecule has 9 nitrogen and oxygen atoms in total. The van der Waals surface area contributed by atoms with Gasteiger partial charge in [0.15, 0.2) is 0 Å². The van der Waals surface area contributed by atoms with Gasteiger partial charge >= 0.3 is 6.09 Å². The number of likely N-dealkylation sites (N-methyl/N-ethyl adjacent to an activating group) is 1. The zero-order chi connectivity index (χ0) is 30.5. The molecule has 2 aliphatic heterocycles. The molecule has 1 saturated heterocycles. The predicted molar refractivity (Wildman–Crippen MR) is 172 cm³/mol. The lowest BCUT2D eigenvalue weighted by Gasteiger charge is -2.37. The third-order valence-electron chi connectivity index (χ3n) is 7.67. The number of benzene rings is 2. The highest BCUT2D eigenvalue weighted by atomic mass is 32.1. The maximum atomic E-state index is 12.8. The molecule has 4 aromatic rings. The quantitative estimate of drug-likeness (QED) is 0.303. The van der Waals surface area contributed by atoms with Crippen molar-refractivity contribution in [3.63, 3.8) is 0 Å². The number of ether oxygens (including phenoxy) is 2. The number of hydrazine groups is 1. The van der Waals surface area contributed by atoms with Crippen LogP contribution >= 0.6 is 11.3 Å². The van der Waals surface area contributed by atoms with Crippen molar-refractivity contribution in [3.8, 4) is 17.0 Å². The molecule has 4 heterocycles. The molecule has 0 bridgehead atoms. The van der Waals surface area contributed by atoms with Crippen LogP contribution in [0.5, 0.6) is 5.75 Å². The fourth-order valence-corrected chi connectivity index (χ4v) is 6.89. The van der Waals surface area contributed by atoms with Gasteiger partial charge < -0.3 is 19.3 Å². The molecule has 6 rings (SSSR count). The highest BCUT2D eigenvalue weighted by molar-refractivity contribution is 7.21. The van der Waals surface area contributed by atoms with Crippen molar-refractivity contribution in [2.75, 3.05) is 44.7 Å². The number of amides is 2. The van der Waals surface area contributed by atoms with Crippen LogP contribution < -0.4 is 15.1 Å². The minimum Gasteiger partial charge on any atom is -0.491 e. The summed E-state index contributed by atoms with van der Waals surface area (Å²) >= 11 is 1.55. The molecular weight excluding hydrogens is 562 g/mol. The SMILES string of the molecule is CC(C)Oc1cc(-c2ccc3c(ccc4sc5c(c43)CCN(C)NC5=O)n2)cc(N2CCN(C(=O)OC(C)(C)C)CC2)c1. The van der Waals surface area contributed by atoms with Gasteiger partial charge in [0.1, 0.15) is 11.4 Å². The molecule has 0 radical (unpaired) electrons. The summed E-state index contributed by atoms with van der Waals surface area (Å²) in [5, 5.41) is 4.04. The Labute approximate surface area is 256 Å². The lowest BCUT2D eigenvalue weighted by molar-refractivity contribution is 0.0240. The summed E-state index contributed by atoms with van der Waals surface area (Å²) in [6, 6.07) is 14.6. The van der Waals surface area contributed by atoms with Crippen LogP contribution in [0.4, 0.5) is 10.5 Å². The van der Waals surface area contributed by atoms with E-state index in [0.29, 0.717) is 26.2 Å². The summed E-state index contributed by atoms with van der Waals surface area (Å²) in [6.07, 6.45) is 0.550. The zero-order valence-electron chi connectivity index (χ0n) is 25.7. The van der Waals surface area contributed by atoms with Crippen molar-refractivity contribution in [3.05, 3.63) is 52.9 Å². The first-order valence-electron chi connectivity index (χ1n) is 14.9. The lowest BCUT2D eigenvalue weighted by atomic mass is 10.0. The van der Waals surface area contributed by atoms with Crippen molar-refractivity contribution in [2.24, 2.45) is 0 Å². The summed E-state index contributed by atoms with van der Waals surface area (Å²) in [5.41, 5.74) is 7.29. The van der Waals surface area contributed by atoms with E-state index in [4.69, 9.17) is 14.5 Å². The second kappa shape index (κ2) is 11.3. The Balaban J connectivity index is 1.33. The van der Waals surface area contributed by atoms with Crippen molar-refractivity contribution in [1.29, 1.82) is 0 Å². The van der Waals surface area contributed by atoms with Crippen LogP contribution in [-0.4, -0.2) is 78.4 Å². The van der Waals surface area contributed by atoms with E-state index >= 15 is 0 Å². The zero-order valence-corrected chi connectivity index (χ0v) is 26.5. The molecule has 1 N–H and O–H groups in total. The summed E-state index contributed by atoms with van der Waals surface area (Å²) in [7, 11) is 1.90. The van der Waals surface area contributed by atoms with Crippen molar-refractivity contribution < 1.29 is 19.1 Å². The van der Waals surface area contributed by atoms with Gasteiger partial charge in [0.25, 0.3) is 5.91 Å². The van der Waals surface area contributed by atoms with Crippen molar-refractivity contribution >= 4 is 50.0 Å². The Kier molecular flexibility index (Phi) is 7.68. The minimum atomic E-state index is -0.516. The van der Waals surface area contributed by atoms with Crippen molar-refractivity contribution in [1.82, 2.24) is 20.3 Å². The van der Waals surface area contributed by atoms with Gasteiger partial charge in [-0.3, -0.25) is 10.2 Å². The number of anilines is 1. The monoisotopic (exact) mass is 601 g/mol. The van der Waals surface area contributed by atoms with Crippen LogP contribution in [0.15, 0.2) is 42.5 Å². The molecule has 1 fully saturated rings.